The monoisotopic (exact) mass is 1310 g/mol. The van der Waals surface area contributed by atoms with Gasteiger partial charge in [0.15, 0.2) is 24.6 Å². The highest BCUT2D eigenvalue weighted by atomic mass is 35.6. The number of rotatable bonds is 24. The van der Waals surface area contributed by atoms with E-state index in [1.165, 1.54) is 24.3 Å². The molecule has 0 bridgehead atoms. The Morgan fingerprint density at radius 1 is 0.505 bits per heavy atom. The normalized spacial score (nSPS) is 22.4. The molecular weight excluding hydrogens is 1250 g/mol. The van der Waals surface area contributed by atoms with Crippen molar-refractivity contribution in [3.05, 3.63) is 234 Å². The zero-order chi connectivity index (χ0) is 63.7. The second kappa shape index (κ2) is 31.6. The van der Waals surface area contributed by atoms with Gasteiger partial charge in [0.05, 0.1) is 45.3 Å². The zero-order valence-electron chi connectivity index (χ0n) is 48.9. The number of benzene rings is 7. The van der Waals surface area contributed by atoms with Gasteiger partial charge in [0.25, 0.3) is 5.90 Å². The van der Waals surface area contributed by atoms with Gasteiger partial charge in [0, 0.05) is 12.8 Å². The van der Waals surface area contributed by atoms with E-state index in [0.717, 1.165) is 40.3 Å². The van der Waals surface area contributed by atoms with Crippen LogP contribution in [0, 0.1) is 0 Å². The van der Waals surface area contributed by atoms with Crippen LogP contribution >= 0.6 is 34.8 Å². The minimum atomic E-state index is -5.30. The van der Waals surface area contributed by atoms with Crippen molar-refractivity contribution in [3.8, 4) is 11.1 Å². The highest BCUT2D eigenvalue weighted by molar-refractivity contribution is 6.67. The Kier molecular flexibility index (Phi) is 23.0. The number of hydrogen-bond donors (Lipinski definition) is 1. The number of ether oxygens (including phenoxy) is 12. The van der Waals surface area contributed by atoms with E-state index in [1.807, 2.05) is 84.9 Å². The Morgan fingerprint density at radius 3 is 1.45 bits per heavy atom. The molecule has 23 heteroatoms. The lowest BCUT2D eigenvalue weighted by molar-refractivity contribution is -0.355. The molecule has 0 unspecified atom stereocenters. The lowest BCUT2D eigenvalue weighted by atomic mass is 9.95. The maximum atomic E-state index is 15.6. The van der Waals surface area contributed by atoms with Crippen LogP contribution in [0.2, 0.25) is 0 Å². The molecule has 478 valence electrons. The van der Waals surface area contributed by atoms with E-state index in [9.17, 15) is 14.4 Å². The molecule has 0 aromatic heterocycles. The lowest BCUT2D eigenvalue weighted by Crippen LogP contribution is -2.69. The number of esters is 1. The van der Waals surface area contributed by atoms with Gasteiger partial charge in [-0.15, -0.1) is 0 Å². The quantitative estimate of drug-likeness (QED) is 0.0198. The van der Waals surface area contributed by atoms with Crippen LogP contribution in [0.15, 0.2) is 205 Å². The Morgan fingerprint density at radius 2 is 0.956 bits per heavy atom. The van der Waals surface area contributed by atoms with Gasteiger partial charge >= 0.3 is 24.4 Å². The van der Waals surface area contributed by atoms with E-state index in [-0.39, 0.29) is 38.7 Å². The summed E-state index contributed by atoms with van der Waals surface area (Å²) in [7, 11) is 0. The molecule has 10 rings (SSSR count). The van der Waals surface area contributed by atoms with Crippen LogP contribution in [0.5, 0.6) is 0 Å². The fourth-order valence-corrected chi connectivity index (χ4v) is 11.0. The molecule has 7 aromatic rings. The molecule has 2 saturated heterocycles. The molecule has 0 saturated carbocycles. The fourth-order valence-electron chi connectivity index (χ4n) is 10.8. The maximum absolute atomic E-state index is 15.6. The van der Waals surface area contributed by atoms with Gasteiger partial charge < -0.3 is 62.2 Å². The predicted molar refractivity (Wildman–Crippen MR) is 329 cm³/mol. The number of alkyl carbamates (subject to hydrolysis) is 1. The number of nitrogens with zero attached hydrogens (tertiary/aromatic N) is 1. The molecule has 2 heterocycles. The average molecular weight is 1310 g/mol. The summed E-state index contributed by atoms with van der Waals surface area (Å²) in [6.07, 6.45) is -23.2. The minimum Gasteiger partial charge on any atom is -0.457 e. The Balaban J connectivity index is 1.08. The van der Waals surface area contributed by atoms with Crippen LogP contribution in [0.4, 0.5) is 28.4 Å². The van der Waals surface area contributed by atoms with Crippen LogP contribution < -0.4 is 5.32 Å². The Hall–Kier alpha value is -7.60. The smallest absolute Gasteiger partial charge is 0.457 e. The van der Waals surface area contributed by atoms with E-state index in [0.29, 0.717) is 11.1 Å². The third-order valence-corrected chi connectivity index (χ3v) is 15.2. The van der Waals surface area contributed by atoms with Crippen molar-refractivity contribution in [3.63, 3.8) is 0 Å². The molecule has 7 aromatic carbocycles. The zero-order valence-corrected chi connectivity index (χ0v) is 51.2. The molecule has 10 atom stereocenters. The van der Waals surface area contributed by atoms with E-state index in [1.54, 1.807) is 91.0 Å². The molecule has 2 fully saturated rings. The molecule has 3 aliphatic rings. The molecule has 91 heavy (non-hydrogen) atoms. The highest BCUT2D eigenvalue weighted by Gasteiger charge is 2.57. The van der Waals surface area contributed by atoms with Crippen molar-refractivity contribution in [2.45, 2.75) is 111 Å². The maximum Gasteiger partial charge on any atom is 0.508 e. The summed E-state index contributed by atoms with van der Waals surface area (Å²) >= 11 is 18.3. The average Bonchev–Trinajstić information content (AvgIpc) is 1.75. The SMILES string of the molecule is CC(=O)O[C@H]1[C@H](OCc2ccccc2)[C@H](O[C@@H]2O[C@H](COCc3ccccc3)[C@@H](OC(=O)OCC3c4ccccc4-c4ccccc43)[C@H](OCc3ccccc3)[C@H]2NC(=O)OCC(Cl)(Cl)Cl)[C@@H](OC(=Nc2ccccc2)C(F)(F)F)O[C@@H]1COCc1ccccc1. The second-order valence-electron chi connectivity index (χ2n) is 21.4. The van der Waals surface area contributed by atoms with Crippen LogP contribution in [-0.4, -0.2) is 122 Å². The van der Waals surface area contributed by atoms with Crippen LogP contribution in [0.1, 0.15) is 46.2 Å². The summed E-state index contributed by atoms with van der Waals surface area (Å²) in [6.45, 7) is -1.17. The van der Waals surface area contributed by atoms with Crippen molar-refractivity contribution in [1.82, 2.24) is 5.32 Å². The van der Waals surface area contributed by atoms with E-state index < -0.39 is 121 Å². The predicted octanol–water partition coefficient (Wildman–Crippen LogP) is 13.5. The number of nitrogens with one attached hydrogen (secondary N) is 1. The molecule has 2 aliphatic heterocycles. The number of para-hydroxylation sites is 1. The number of amides is 1. The summed E-state index contributed by atoms with van der Waals surface area (Å²) in [4.78, 5) is 46.2. The molecular formula is C68H64Cl3F3N2O15. The number of carbonyl (C=O) groups is 3. The van der Waals surface area contributed by atoms with Crippen molar-refractivity contribution >= 4 is 64.6 Å². The first-order valence-electron chi connectivity index (χ1n) is 29.1. The molecule has 1 amide bonds. The number of alkyl halides is 6. The van der Waals surface area contributed by atoms with Gasteiger partial charge in [-0.1, -0.05) is 223 Å². The molecule has 1 N–H and O–H groups in total. The van der Waals surface area contributed by atoms with Crippen LogP contribution in [0.25, 0.3) is 11.1 Å². The topological polar surface area (TPSA) is 186 Å². The molecule has 17 nitrogen and oxygen atoms in total. The van der Waals surface area contributed by atoms with Crippen molar-refractivity contribution < 1.29 is 84.4 Å². The van der Waals surface area contributed by atoms with Gasteiger partial charge in [-0.2, -0.15) is 13.2 Å². The van der Waals surface area contributed by atoms with Crippen molar-refractivity contribution in [1.29, 1.82) is 0 Å². The highest BCUT2D eigenvalue weighted by Crippen LogP contribution is 2.45. The standard InChI is InChI=1S/C68H64Cl3F3N2O15/c1-43(77)86-58-55(41-81-36-45-23-9-3-10-24-45)88-63(91-64(68(72,73)74)75-48-29-15-6-16-30-48)61(60(58)83-38-47-27-13-5-14-28-47)89-62-56(76-65(78)85-42-67(69,70)71)59(82-37-46-25-11-4-12-26-46)57(54(87-62)40-80-35-44-21-7-2-8-22-44)90-66(79)84-39-53-51-33-19-17-31-49(51)50-32-18-20-34-52(50)53/h2-34,53-63H,35-42H2,1H3,(H,76,78)/t54-,55-,56-,57-,58-,59-,60+,61+,62+,63-/m1/s1. The van der Waals surface area contributed by atoms with Gasteiger partial charge in [0.1, 0.15) is 43.7 Å². The van der Waals surface area contributed by atoms with Gasteiger partial charge in [0.2, 0.25) is 10.1 Å². The summed E-state index contributed by atoms with van der Waals surface area (Å²) in [6, 6.07) is 56.6. The number of aliphatic imine (C=N–C) groups is 1. The minimum absolute atomic E-state index is 0.00718. The Labute approximate surface area is 538 Å². The Bertz CT molecular complexity index is 3450. The number of hydrogen-bond acceptors (Lipinski definition) is 16. The molecule has 0 radical (unpaired) electrons. The molecule has 0 spiro atoms. The fraction of sp³-hybridized carbons (Fsp3) is 0.324. The van der Waals surface area contributed by atoms with Gasteiger partial charge in [-0.25, -0.2) is 14.6 Å². The van der Waals surface area contributed by atoms with E-state index in [2.05, 4.69) is 10.3 Å². The first kappa shape index (κ1) is 66.3. The largest absolute Gasteiger partial charge is 0.508 e. The molecule has 1 aliphatic carbocycles. The lowest BCUT2D eigenvalue weighted by Gasteiger charge is -2.49. The number of fused-ring (bicyclic) bond motifs is 3. The van der Waals surface area contributed by atoms with Gasteiger partial charge in [-0.3, -0.25) is 4.79 Å². The van der Waals surface area contributed by atoms with Crippen LogP contribution in [-0.2, 0) is 88.1 Å². The summed E-state index contributed by atoms with van der Waals surface area (Å²) < 4.78 is 121. The summed E-state index contributed by atoms with van der Waals surface area (Å²) in [5, 5.41) is 2.69. The number of carbonyl (C=O) groups excluding carboxylic acids is 3. The van der Waals surface area contributed by atoms with E-state index >= 15 is 13.2 Å². The first-order valence-corrected chi connectivity index (χ1v) is 30.2. The first-order chi connectivity index (χ1) is 44.0. The van der Waals surface area contributed by atoms with Gasteiger partial charge in [-0.05, 0) is 56.6 Å². The van der Waals surface area contributed by atoms with Crippen LogP contribution in [0.3, 0.4) is 0 Å². The third kappa shape index (κ3) is 18.6. The summed E-state index contributed by atoms with van der Waals surface area (Å²) in [5.74, 6) is -3.03. The number of halogens is 6. The van der Waals surface area contributed by atoms with Crippen molar-refractivity contribution in [2.75, 3.05) is 26.4 Å². The van der Waals surface area contributed by atoms with E-state index in [4.69, 9.17) is 91.6 Å². The summed E-state index contributed by atoms with van der Waals surface area (Å²) in [5.41, 5.74) is 6.29. The third-order valence-electron chi connectivity index (χ3n) is 14.9. The second-order valence-corrected chi connectivity index (χ2v) is 23.9. The van der Waals surface area contributed by atoms with Crippen molar-refractivity contribution in [2.24, 2.45) is 4.99 Å².